The smallest absolute Gasteiger partial charge is 0.297 e. The minimum Gasteiger partial charge on any atom is -0.496 e. The van der Waals surface area contributed by atoms with Gasteiger partial charge < -0.3 is 4.74 Å². The van der Waals surface area contributed by atoms with E-state index in [1.807, 2.05) is 6.92 Å². The predicted octanol–water partition coefficient (Wildman–Crippen LogP) is 3.67. The highest BCUT2D eigenvalue weighted by Crippen LogP contribution is 2.25. The highest BCUT2D eigenvalue weighted by atomic mass is 79.9. The Morgan fingerprint density at radius 1 is 1.10 bits per heavy atom. The van der Waals surface area contributed by atoms with Gasteiger partial charge in [0, 0.05) is 10.0 Å². The third-order valence-corrected chi connectivity index (χ3v) is 4.70. The van der Waals surface area contributed by atoms with E-state index in [2.05, 4.69) is 15.9 Å². The highest BCUT2D eigenvalue weighted by Gasteiger charge is 2.16. The molecule has 0 aliphatic carbocycles. The van der Waals surface area contributed by atoms with Crippen molar-refractivity contribution in [3.8, 4) is 5.75 Å². The summed E-state index contributed by atoms with van der Waals surface area (Å²) in [6.45, 7) is 1.82. The number of hydrogen-bond acceptors (Lipinski definition) is 4. The third-order valence-electron chi connectivity index (χ3n) is 2.93. The largest absolute Gasteiger partial charge is 0.496 e. The van der Waals surface area contributed by atoms with E-state index in [0.29, 0.717) is 11.3 Å². The minimum absolute atomic E-state index is 0.0767. The summed E-state index contributed by atoms with van der Waals surface area (Å²) < 4.78 is 35.4. The van der Waals surface area contributed by atoms with Crippen LogP contribution in [0.3, 0.4) is 0 Å². The lowest BCUT2D eigenvalue weighted by Gasteiger charge is -2.10. The quantitative estimate of drug-likeness (QED) is 0.753. The van der Waals surface area contributed by atoms with Gasteiger partial charge in [-0.25, -0.2) is 0 Å². The number of aryl methyl sites for hydroxylation is 1. The Labute approximate surface area is 133 Å². The average molecular weight is 371 g/mol. The van der Waals surface area contributed by atoms with Crippen molar-refractivity contribution in [1.82, 2.24) is 0 Å². The second-order valence-electron chi connectivity index (χ2n) is 4.49. The van der Waals surface area contributed by atoms with E-state index in [1.54, 1.807) is 30.3 Å². The van der Waals surface area contributed by atoms with Crippen LogP contribution in [0, 0.1) is 6.92 Å². The lowest BCUT2D eigenvalue weighted by molar-refractivity contribution is 0.299. The fourth-order valence-corrected chi connectivity index (χ4v) is 2.98. The molecule has 0 atom stereocenters. The Kier molecular flexibility index (Phi) is 5.03. The van der Waals surface area contributed by atoms with E-state index in [-0.39, 0.29) is 11.5 Å². The fourth-order valence-electron chi connectivity index (χ4n) is 1.75. The maximum absolute atomic E-state index is 12.1. The topological polar surface area (TPSA) is 52.6 Å². The van der Waals surface area contributed by atoms with Gasteiger partial charge in [0.2, 0.25) is 0 Å². The van der Waals surface area contributed by atoms with Crippen molar-refractivity contribution < 1.29 is 17.3 Å². The Morgan fingerprint density at radius 2 is 1.76 bits per heavy atom. The molecule has 0 bridgehead atoms. The first-order valence-electron chi connectivity index (χ1n) is 6.21. The Balaban J connectivity index is 2.17. The fraction of sp³-hybridized carbons (Fsp3) is 0.200. The van der Waals surface area contributed by atoms with Gasteiger partial charge in [-0.2, -0.15) is 8.42 Å². The maximum atomic E-state index is 12.1. The molecule has 0 N–H and O–H groups in total. The molecule has 0 radical (unpaired) electrons. The maximum Gasteiger partial charge on any atom is 0.297 e. The summed E-state index contributed by atoms with van der Waals surface area (Å²) in [5.41, 5.74) is 1.65. The van der Waals surface area contributed by atoms with Gasteiger partial charge in [-0.05, 0) is 31.2 Å². The van der Waals surface area contributed by atoms with E-state index < -0.39 is 10.1 Å². The third kappa shape index (κ3) is 4.06. The van der Waals surface area contributed by atoms with Crippen LogP contribution in [-0.4, -0.2) is 15.5 Å². The van der Waals surface area contributed by atoms with Gasteiger partial charge in [-0.3, -0.25) is 4.18 Å². The molecule has 0 aromatic heterocycles. The van der Waals surface area contributed by atoms with Crippen molar-refractivity contribution in [1.29, 1.82) is 0 Å². The normalized spacial score (nSPS) is 11.4. The first-order chi connectivity index (χ1) is 9.92. The molecule has 21 heavy (non-hydrogen) atoms. The van der Waals surface area contributed by atoms with Crippen LogP contribution < -0.4 is 4.74 Å². The molecule has 112 valence electrons. The molecule has 2 aromatic carbocycles. The molecular weight excluding hydrogens is 356 g/mol. The summed E-state index contributed by atoms with van der Waals surface area (Å²) in [4.78, 5) is 0.143. The second-order valence-corrected chi connectivity index (χ2v) is 7.02. The van der Waals surface area contributed by atoms with Crippen LogP contribution in [0.15, 0.2) is 51.8 Å². The molecule has 0 saturated heterocycles. The van der Waals surface area contributed by atoms with Crippen LogP contribution in [0.5, 0.6) is 5.75 Å². The summed E-state index contributed by atoms with van der Waals surface area (Å²) in [5.74, 6) is 0.573. The van der Waals surface area contributed by atoms with Crippen molar-refractivity contribution in [2.45, 2.75) is 18.4 Å². The molecule has 0 fully saturated rings. The molecule has 0 unspecified atom stereocenters. The number of benzene rings is 2. The molecule has 2 aromatic rings. The first kappa shape index (κ1) is 16.0. The molecular formula is C15H15BrO4S. The van der Waals surface area contributed by atoms with Gasteiger partial charge in [0.25, 0.3) is 10.1 Å². The first-order valence-corrected chi connectivity index (χ1v) is 8.41. The van der Waals surface area contributed by atoms with Gasteiger partial charge in [0.05, 0.1) is 18.6 Å². The number of hydrogen-bond donors (Lipinski definition) is 0. The number of ether oxygens (including phenoxy) is 1. The van der Waals surface area contributed by atoms with E-state index in [9.17, 15) is 8.42 Å². The lowest BCUT2D eigenvalue weighted by atomic mass is 10.2. The molecule has 2 rings (SSSR count). The van der Waals surface area contributed by atoms with E-state index in [4.69, 9.17) is 8.92 Å². The number of rotatable bonds is 5. The molecule has 0 spiro atoms. The van der Waals surface area contributed by atoms with Gasteiger partial charge in [-0.1, -0.05) is 39.7 Å². The van der Waals surface area contributed by atoms with Gasteiger partial charge >= 0.3 is 0 Å². The zero-order valence-electron chi connectivity index (χ0n) is 11.7. The van der Waals surface area contributed by atoms with Crippen LogP contribution in [0.1, 0.15) is 11.1 Å². The van der Waals surface area contributed by atoms with Crippen LogP contribution in [0.2, 0.25) is 0 Å². The van der Waals surface area contributed by atoms with Crippen LogP contribution in [0.25, 0.3) is 0 Å². The van der Waals surface area contributed by atoms with Crippen LogP contribution in [0.4, 0.5) is 0 Å². The molecule has 4 nitrogen and oxygen atoms in total. The second kappa shape index (κ2) is 6.60. The number of methoxy groups -OCH3 is 1. The molecule has 6 heteroatoms. The predicted molar refractivity (Wildman–Crippen MR) is 83.8 cm³/mol. The molecule has 0 aliphatic rings. The zero-order chi connectivity index (χ0) is 15.5. The monoisotopic (exact) mass is 370 g/mol. The Hall–Kier alpha value is -1.37. The number of halogens is 1. The molecule has 0 heterocycles. The van der Waals surface area contributed by atoms with E-state index >= 15 is 0 Å². The van der Waals surface area contributed by atoms with Crippen molar-refractivity contribution >= 4 is 26.0 Å². The SMILES string of the molecule is COc1cc(Br)ccc1COS(=O)(=O)c1ccc(C)cc1. The standard InChI is InChI=1S/C15H15BrO4S/c1-11-3-7-14(8-4-11)21(17,18)20-10-12-5-6-13(16)9-15(12)19-2/h3-9H,10H2,1-2H3. The van der Waals surface area contributed by atoms with Gasteiger partial charge in [0.1, 0.15) is 5.75 Å². The minimum atomic E-state index is -3.78. The van der Waals surface area contributed by atoms with Crippen LogP contribution >= 0.6 is 15.9 Å². The van der Waals surface area contributed by atoms with E-state index in [0.717, 1.165) is 10.0 Å². The zero-order valence-corrected chi connectivity index (χ0v) is 14.1. The molecule has 0 amide bonds. The molecule has 0 aliphatic heterocycles. The summed E-state index contributed by atoms with van der Waals surface area (Å²) in [5, 5.41) is 0. The van der Waals surface area contributed by atoms with Crippen molar-refractivity contribution in [3.63, 3.8) is 0 Å². The Morgan fingerprint density at radius 3 is 2.38 bits per heavy atom. The van der Waals surface area contributed by atoms with Crippen molar-refractivity contribution in [2.24, 2.45) is 0 Å². The summed E-state index contributed by atoms with van der Waals surface area (Å²) in [6.07, 6.45) is 0. The van der Waals surface area contributed by atoms with Crippen molar-refractivity contribution in [2.75, 3.05) is 7.11 Å². The summed E-state index contributed by atoms with van der Waals surface area (Å²) in [6, 6.07) is 11.9. The molecule has 0 saturated carbocycles. The Bertz CT molecular complexity index is 724. The van der Waals surface area contributed by atoms with Crippen molar-refractivity contribution in [3.05, 3.63) is 58.1 Å². The van der Waals surface area contributed by atoms with E-state index in [1.165, 1.54) is 19.2 Å². The van der Waals surface area contributed by atoms with Crippen LogP contribution in [-0.2, 0) is 20.9 Å². The summed E-state index contributed by atoms with van der Waals surface area (Å²) in [7, 11) is -2.25. The average Bonchev–Trinajstić information content (AvgIpc) is 2.46. The lowest BCUT2D eigenvalue weighted by Crippen LogP contribution is -2.07. The summed E-state index contributed by atoms with van der Waals surface area (Å²) >= 11 is 3.33. The highest BCUT2D eigenvalue weighted by molar-refractivity contribution is 9.10. The van der Waals surface area contributed by atoms with Gasteiger partial charge in [-0.15, -0.1) is 0 Å². The van der Waals surface area contributed by atoms with Gasteiger partial charge in [0.15, 0.2) is 0 Å².